The summed E-state index contributed by atoms with van der Waals surface area (Å²) in [6, 6.07) is 5.54. The largest absolute Gasteiger partial charge is 0.497 e. The number of ether oxygens (including phenoxy) is 2. The van der Waals surface area contributed by atoms with Crippen molar-refractivity contribution in [1.29, 1.82) is 0 Å². The molecule has 5 nitrogen and oxygen atoms in total. The summed E-state index contributed by atoms with van der Waals surface area (Å²) in [4.78, 5) is 4.13. The maximum Gasteiger partial charge on any atom is 0.146 e. The van der Waals surface area contributed by atoms with Crippen LogP contribution < -0.4 is 15.2 Å². The van der Waals surface area contributed by atoms with Crippen molar-refractivity contribution in [3.63, 3.8) is 0 Å². The molecule has 0 bridgehead atoms. The molecule has 2 N–H and O–H groups in total. The summed E-state index contributed by atoms with van der Waals surface area (Å²) >= 11 is 0. The van der Waals surface area contributed by atoms with Crippen LogP contribution in [0.25, 0.3) is 5.69 Å². The van der Waals surface area contributed by atoms with Gasteiger partial charge in [0.25, 0.3) is 0 Å². The fourth-order valence-electron chi connectivity index (χ4n) is 1.83. The normalized spacial score (nSPS) is 12.2. The molecule has 2 rings (SSSR count). The van der Waals surface area contributed by atoms with Crippen LogP contribution in [-0.4, -0.2) is 23.8 Å². The van der Waals surface area contributed by atoms with E-state index in [1.54, 1.807) is 26.7 Å². The maximum atomic E-state index is 5.92. The number of methoxy groups -OCH3 is 2. The molecule has 0 unspecified atom stereocenters. The van der Waals surface area contributed by atoms with Crippen molar-refractivity contribution in [3.8, 4) is 17.2 Å². The van der Waals surface area contributed by atoms with Gasteiger partial charge in [0.1, 0.15) is 11.5 Å². The highest BCUT2D eigenvalue weighted by Gasteiger charge is 2.12. The average Bonchev–Trinajstić information content (AvgIpc) is 2.87. The summed E-state index contributed by atoms with van der Waals surface area (Å²) in [7, 11) is 3.25. The van der Waals surface area contributed by atoms with Gasteiger partial charge in [-0.3, -0.25) is 4.57 Å². The standard InChI is InChI=1S/C13H17N3O2/c1-9(14)12-7-15-8-16(12)11-5-4-10(17-2)6-13(11)18-3/h4-9H,14H2,1-3H3/t9-/m0/s1. The van der Waals surface area contributed by atoms with E-state index in [0.717, 1.165) is 17.1 Å². The van der Waals surface area contributed by atoms with E-state index >= 15 is 0 Å². The molecular formula is C13H17N3O2. The van der Waals surface area contributed by atoms with E-state index in [1.165, 1.54) is 0 Å². The Labute approximate surface area is 106 Å². The van der Waals surface area contributed by atoms with Crippen molar-refractivity contribution >= 4 is 0 Å². The molecule has 96 valence electrons. The van der Waals surface area contributed by atoms with Gasteiger partial charge in [-0.1, -0.05) is 0 Å². The van der Waals surface area contributed by atoms with Gasteiger partial charge in [0.15, 0.2) is 0 Å². The second-order valence-electron chi connectivity index (χ2n) is 4.01. The number of hydrogen-bond acceptors (Lipinski definition) is 4. The molecule has 0 fully saturated rings. The van der Waals surface area contributed by atoms with Gasteiger partial charge in [0, 0.05) is 12.1 Å². The first-order valence-corrected chi connectivity index (χ1v) is 5.67. The third-order valence-corrected chi connectivity index (χ3v) is 2.78. The van der Waals surface area contributed by atoms with Crippen molar-refractivity contribution in [1.82, 2.24) is 9.55 Å². The van der Waals surface area contributed by atoms with Crippen LogP contribution in [0.4, 0.5) is 0 Å². The Balaban J connectivity index is 2.53. The smallest absolute Gasteiger partial charge is 0.146 e. The molecule has 2 aromatic rings. The Morgan fingerprint density at radius 1 is 1.28 bits per heavy atom. The van der Waals surface area contributed by atoms with Gasteiger partial charge in [0.2, 0.25) is 0 Å². The molecule has 0 saturated heterocycles. The molecule has 1 heterocycles. The number of nitrogens with zero attached hydrogens (tertiary/aromatic N) is 2. The van der Waals surface area contributed by atoms with E-state index in [9.17, 15) is 0 Å². The topological polar surface area (TPSA) is 62.3 Å². The number of aromatic nitrogens is 2. The molecule has 1 aromatic heterocycles. The summed E-state index contributed by atoms with van der Waals surface area (Å²) in [5.74, 6) is 1.47. The zero-order valence-corrected chi connectivity index (χ0v) is 10.8. The second kappa shape index (κ2) is 5.10. The monoisotopic (exact) mass is 247 g/mol. The number of hydrogen-bond donors (Lipinski definition) is 1. The second-order valence-corrected chi connectivity index (χ2v) is 4.01. The van der Waals surface area contributed by atoms with Gasteiger partial charge in [-0.05, 0) is 19.1 Å². The van der Waals surface area contributed by atoms with Crippen LogP contribution in [0.15, 0.2) is 30.7 Å². The van der Waals surface area contributed by atoms with E-state index in [-0.39, 0.29) is 6.04 Å². The third kappa shape index (κ3) is 2.17. The van der Waals surface area contributed by atoms with Crippen molar-refractivity contribution in [2.75, 3.05) is 14.2 Å². The van der Waals surface area contributed by atoms with E-state index in [0.29, 0.717) is 5.75 Å². The summed E-state index contributed by atoms with van der Waals surface area (Å²) < 4.78 is 12.5. The number of rotatable bonds is 4. The van der Waals surface area contributed by atoms with Gasteiger partial charge in [-0.25, -0.2) is 4.98 Å². The lowest BCUT2D eigenvalue weighted by Crippen LogP contribution is -2.11. The molecule has 0 amide bonds. The van der Waals surface area contributed by atoms with Crippen LogP contribution >= 0.6 is 0 Å². The van der Waals surface area contributed by atoms with Crippen molar-refractivity contribution in [2.45, 2.75) is 13.0 Å². The average molecular weight is 247 g/mol. The van der Waals surface area contributed by atoms with Crippen LogP contribution in [0, 0.1) is 0 Å². The van der Waals surface area contributed by atoms with Gasteiger partial charge in [-0.2, -0.15) is 0 Å². The van der Waals surface area contributed by atoms with Crippen LogP contribution in [0.3, 0.4) is 0 Å². The third-order valence-electron chi connectivity index (χ3n) is 2.78. The Morgan fingerprint density at radius 2 is 2.06 bits per heavy atom. The lowest BCUT2D eigenvalue weighted by molar-refractivity contribution is 0.393. The molecule has 0 aliphatic heterocycles. The summed E-state index contributed by atoms with van der Waals surface area (Å²) in [6.07, 6.45) is 3.48. The van der Waals surface area contributed by atoms with Crippen LogP contribution in [0.1, 0.15) is 18.7 Å². The SMILES string of the molecule is COc1ccc(-n2cncc2[C@H](C)N)c(OC)c1. The predicted molar refractivity (Wildman–Crippen MR) is 69.3 cm³/mol. The first kappa shape index (κ1) is 12.4. The van der Waals surface area contributed by atoms with Crippen molar-refractivity contribution in [3.05, 3.63) is 36.4 Å². The molecule has 18 heavy (non-hydrogen) atoms. The lowest BCUT2D eigenvalue weighted by atomic mass is 10.2. The molecule has 1 aromatic carbocycles. The van der Waals surface area contributed by atoms with E-state index in [4.69, 9.17) is 15.2 Å². The molecule has 1 atom stereocenters. The molecule has 0 aliphatic rings. The minimum absolute atomic E-state index is 0.0979. The highest BCUT2D eigenvalue weighted by atomic mass is 16.5. The van der Waals surface area contributed by atoms with Crippen LogP contribution in [0.2, 0.25) is 0 Å². The molecule has 5 heteroatoms. The summed E-state index contributed by atoms with van der Waals surface area (Å²) in [5.41, 5.74) is 7.74. The fourth-order valence-corrected chi connectivity index (χ4v) is 1.83. The lowest BCUT2D eigenvalue weighted by Gasteiger charge is -2.15. The molecule has 0 spiro atoms. The fraction of sp³-hybridized carbons (Fsp3) is 0.308. The highest BCUT2D eigenvalue weighted by Crippen LogP contribution is 2.29. The van der Waals surface area contributed by atoms with Crippen molar-refractivity contribution < 1.29 is 9.47 Å². The van der Waals surface area contributed by atoms with Crippen LogP contribution in [-0.2, 0) is 0 Å². The number of benzene rings is 1. The van der Waals surface area contributed by atoms with E-state index in [2.05, 4.69) is 4.98 Å². The first-order valence-electron chi connectivity index (χ1n) is 5.67. The Bertz CT molecular complexity index is 535. The minimum atomic E-state index is -0.0979. The Kier molecular flexibility index (Phi) is 3.53. The number of imidazole rings is 1. The number of nitrogens with two attached hydrogens (primary N) is 1. The maximum absolute atomic E-state index is 5.92. The zero-order valence-electron chi connectivity index (χ0n) is 10.8. The zero-order chi connectivity index (χ0) is 13.1. The van der Waals surface area contributed by atoms with Gasteiger partial charge in [0.05, 0.1) is 38.1 Å². The summed E-state index contributed by atoms with van der Waals surface area (Å²) in [6.45, 7) is 1.92. The minimum Gasteiger partial charge on any atom is -0.497 e. The van der Waals surface area contributed by atoms with Crippen molar-refractivity contribution in [2.24, 2.45) is 5.73 Å². The Morgan fingerprint density at radius 3 is 2.67 bits per heavy atom. The van der Waals surface area contributed by atoms with Gasteiger partial charge < -0.3 is 15.2 Å². The first-order chi connectivity index (χ1) is 8.67. The van der Waals surface area contributed by atoms with Crippen LogP contribution in [0.5, 0.6) is 11.5 Å². The Hall–Kier alpha value is -2.01. The van der Waals surface area contributed by atoms with Gasteiger partial charge >= 0.3 is 0 Å². The predicted octanol–water partition coefficient (Wildman–Crippen LogP) is 1.91. The molecule has 0 saturated carbocycles. The highest BCUT2D eigenvalue weighted by molar-refractivity contribution is 5.51. The van der Waals surface area contributed by atoms with E-state index < -0.39 is 0 Å². The molecule has 0 aliphatic carbocycles. The molecule has 0 radical (unpaired) electrons. The van der Waals surface area contributed by atoms with Gasteiger partial charge in [-0.15, -0.1) is 0 Å². The quantitative estimate of drug-likeness (QED) is 0.896. The van der Waals surface area contributed by atoms with E-state index in [1.807, 2.05) is 29.7 Å². The molecular weight excluding hydrogens is 230 g/mol. The summed E-state index contributed by atoms with van der Waals surface area (Å²) in [5, 5.41) is 0.